The van der Waals surface area contributed by atoms with Crippen molar-refractivity contribution in [2.24, 2.45) is 12.5 Å². The predicted octanol–water partition coefficient (Wildman–Crippen LogP) is 7.24. The van der Waals surface area contributed by atoms with Gasteiger partial charge in [0.15, 0.2) is 5.82 Å². The van der Waals surface area contributed by atoms with Crippen molar-refractivity contribution in [1.29, 1.82) is 0 Å². The highest BCUT2D eigenvalue weighted by Gasteiger charge is 2.52. The number of rotatable bonds is 6. The van der Waals surface area contributed by atoms with E-state index in [1.54, 1.807) is 47.8 Å². The molecule has 3 aromatic rings. The van der Waals surface area contributed by atoms with Crippen LogP contribution in [0.3, 0.4) is 0 Å². The maximum atomic E-state index is 13.6. The quantitative estimate of drug-likeness (QED) is 0.334. The van der Waals surface area contributed by atoms with E-state index in [0.717, 1.165) is 56.0 Å². The number of urea groups is 1. The van der Waals surface area contributed by atoms with Gasteiger partial charge in [-0.25, -0.2) is 4.79 Å². The molecule has 3 saturated carbocycles. The first-order valence-corrected chi connectivity index (χ1v) is 13.7. The molecule has 2 amide bonds. The Kier molecular flexibility index (Phi) is 7.35. The topological polar surface area (TPSA) is 63.1 Å². The zero-order chi connectivity index (χ0) is 28.0. The van der Waals surface area contributed by atoms with Crippen LogP contribution in [0.4, 0.5) is 18.0 Å². The van der Waals surface area contributed by atoms with Gasteiger partial charge in [0.2, 0.25) is 0 Å². The molecule has 3 aliphatic carbocycles. The number of hydrogen-bond acceptors (Lipinski definition) is 3. The molecule has 1 N–H and O–H groups in total. The monoisotopic (exact) mass is 579 g/mol. The summed E-state index contributed by atoms with van der Waals surface area (Å²) < 4.78 is 42.7. The molecule has 3 aliphatic rings. The molecule has 3 fully saturated rings. The van der Waals surface area contributed by atoms with Crippen LogP contribution in [0.25, 0.3) is 11.4 Å². The molecule has 208 valence electrons. The maximum absolute atomic E-state index is 13.6. The van der Waals surface area contributed by atoms with Crippen LogP contribution in [0, 0.1) is 5.41 Å². The highest BCUT2D eigenvalue weighted by molar-refractivity contribution is 6.35. The van der Waals surface area contributed by atoms with Crippen molar-refractivity contribution in [3.8, 4) is 11.4 Å². The van der Waals surface area contributed by atoms with Crippen molar-refractivity contribution < 1.29 is 18.0 Å². The first-order valence-electron chi connectivity index (χ1n) is 12.9. The molecule has 1 aromatic heterocycles. The van der Waals surface area contributed by atoms with Gasteiger partial charge in [0.05, 0.1) is 5.56 Å². The summed E-state index contributed by atoms with van der Waals surface area (Å²) in [7, 11) is 3.56. The Morgan fingerprint density at radius 1 is 1.05 bits per heavy atom. The average molecular weight is 580 g/mol. The second kappa shape index (κ2) is 10.3. The van der Waals surface area contributed by atoms with E-state index in [1.165, 1.54) is 12.1 Å². The molecule has 2 aromatic carbocycles. The molecule has 2 bridgehead atoms. The number of hydrogen-bond donors (Lipinski definition) is 1. The molecule has 39 heavy (non-hydrogen) atoms. The summed E-state index contributed by atoms with van der Waals surface area (Å²) in [6.45, 7) is 0.938. The fourth-order valence-electron chi connectivity index (χ4n) is 6.33. The van der Waals surface area contributed by atoms with E-state index in [-0.39, 0.29) is 28.2 Å². The van der Waals surface area contributed by atoms with Crippen molar-refractivity contribution in [2.75, 3.05) is 13.6 Å². The van der Waals surface area contributed by atoms with Gasteiger partial charge in [-0.3, -0.25) is 0 Å². The lowest BCUT2D eigenvalue weighted by Crippen LogP contribution is -2.51. The number of nitrogens with zero attached hydrogens (tertiary/aromatic N) is 4. The van der Waals surface area contributed by atoms with E-state index in [9.17, 15) is 18.0 Å². The van der Waals surface area contributed by atoms with Crippen LogP contribution in [0.2, 0.25) is 10.0 Å². The van der Waals surface area contributed by atoms with E-state index in [1.807, 2.05) is 0 Å². The van der Waals surface area contributed by atoms with Gasteiger partial charge in [0.1, 0.15) is 5.82 Å². The van der Waals surface area contributed by atoms with Crippen molar-refractivity contribution >= 4 is 29.2 Å². The lowest BCUT2D eigenvalue weighted by Gasteiger charge is -2.53. The molecule has 0 aliphatic heterocycles. The highest BCUT2D eigenvalue weighted by atomic mass is 35.5. The predicted molar refractivity (Wildman–Crippen MR) is 145 cm³/mol. The standard InChI is InChI=1S/C28H30Cl2F3N5O/c1-37(25(39)34-16-18-7-8-19(29)15-22(18)30)17-26-9-12-27(13-10-26,14-11-26)24-36-35-23(38(24)2)20-5-3-4-6-21(20)28(31,32)33/h3-8,15H,9-14,16-17H2,1-2H3,(H,34,39). The molecule has 0 unspecified atom stereocenters. The van der Waals surface area contributed by atoms with E-state index < -0.39 is 11.7 Å². The number of nitrogens with one attached hydrogen (secondary N) is 1. The van der Waals surface area contributed by atoms with Crippen LogP contribution in [0.5, 0.6) is 0 Å². The van der Waals surface area contributed by atoms with E-state index >= 15 is 0 Å². The summed E-state index contributed by atoms with van der Waals surface area (Å²) in [6.07, 6.45) is 0.829. The number of carbonyl (C=O) groups is 1. The van der Waals surface area contributed by atoms with Crippen LogP contribution >= 0.6 is 23.2 Å². The van der Waals surface area contributed by atoms with Gasteiger partial charge in [-0.1, -0.05) is 47.5 Å². The van der Waals surface area contributed by atoms with E-state index in [4.69, 9.17) is 23.2 Å². The van der Waals surface area contributed by atoms with Crippen LogP contribution in [-0.4, -0.2) is 39.3 Å². The average Bonchev–Trinajstić information content (AvgIpc) is 3.30. The molecular formula is C28H30Cl2F3N5O. The maximum Gasteiger partial charge on any atom is 0.417 e. The summed E-state index contributed by atoms with van der Waals surface area (Å²) >= 11 is 12.2. The highest BCUT2D eigenvalue weighted by Crippen LogP contribution is 2.57. The van der Waals surface area contributed by atoms with Crippen molar-refractivity contribution in [3.05, 3.63) is 69.5 Å². The van der Waals surface area contributed by atoms with Gasteiger partial charge >= 0.3 is 12.2 Å². The van der Waals surface area contributed by atoms with Gasteiger partial charge in [0, 0.05) is 48.2 Å². The Morgan fingerprint density at radius 3 is 2.36 bits per heavy atom. The molecule has 11 heteroatoms. The summed E-state index contributed by atoms with van der Waals surface area (Å²) in [5, 5.41) is 12.6. The number of aromatic nitrogens is 3. The molecule has 0 radical (unpaired) electrons. The van der Waals surface area contributed by atoms with Crippen molar-refractivity contribution in [2.45, 2.75) is 56.7 Å². The third kappa shape index (κ3) is 5.35. The number of alkyl halides is 3. The molecule has 0 spiro atoms. The van der Waals surface area contributed by atoms with Gasteiger partial charge in [-0.15, -0.1) is 10.2 Å². The zero-order valence-electron chi connectivity index (χ0n) is 21.8. The van der Waals surface area contributed by atoms with Crippen LogP contribution in [-0.2, 0) is 25.2 Å². The van der Waals surface area contributed by atoms with E-state index in [0.29, 0.717) is 23.1 Å². The summed E-state index contributed by atoms with van der Waals surface area (Å²) in [4.78, 5) is 14.6. The van der Waals surface area contributed by atoms with Gasteiger partial charge in [-0.05, 0) is 67.7 Å². The van der Waals surface area contributed by atoms with Gasteiger partial charge in [-0.2, -0.15) is 13.2 Å². The minimum atomic E-state index is -4.48. The number of carbonyl (C=O) groups excluding carboxylic acids is 1. The molecular weight excluding hydrogens is 550 g/mol. The molecule has 0 atom stereocenters. The summed E-state index contributed by atoms with van der Waals surface area (Å²) in [5.74, 6) is 0.973. The van der Waals surface area contributed by atoms with Crippen LogP contribution < -0.4 is 5.32 Å². The molecule has 6 rings (SSSR count). The molecule has 6 nitrogen and oxygen atoms in total. The van der Waals surface area contributed by atoms with E-state index in [2.05, 4.69) is 15.5 Å². The van der Waals surface area contributed by atoms with Gasteiger partial charge < -0.3 is 14.8 Å². The largest absolute Gasteiger partial charge is 0.417 e. The first-order chi connectivity index (χ1) is 18.4. The zero-order valence-corrected chi connectivity index (χ0v) is 23.3. The SMILES string of the molecule is CN(CC12CCC(c3nnc(-c4ccccc4C(F)(F)F)n3C)(CC1)CC2)C(=O)NCc1ccc(Cl)cc1Cl. The fourth-order valence-corrected chi connectivity index (χ4v) is 6.81. The number of amides is 2. The number of benzene rings is 2. The fraction of sp³-hybridized carbons (Fsp3) is 0.464. The Morgan fingerprint density at radius 2 is 1.72 bits per heavy atom. The van der Waals surface area contributed by atoms with Crippen molar-refractivity contribution in [1.82, 2.24) is 25.0 Å². The minimum Gasteiger partial charge on any atom is -0.334 e. The summed E-state index contributed by atoms with van der Waals surface area (Å²) in [6, 6.07) is 10.5. The lowest BCUT2D eigenvalue weighted by molar-refractivity contribution is -0.137. The van der Waals surface area contributed by atoms with Crippen LogP contribution in [0.1, 0.15) is 55.5 Å². The Labute approximate surface area is 235 Å². The smallest absolute Gasteiger partial charge is 0.334 e. The van der Waals surface area contributed by atoms with Gasteiger partial charge in [0.25, 0.3) is 0 Å². The Bertz CT molecular complexity index is 1370. The second-order valence-electron chi connectivity index (χ2n) is 11.0. The van der Waals surface area contributed by atoms with Crippen LogP contribution in [0.15, 0.2) is 42.5 Å². The normalized spacial score (nSPS) is 22.6. The molecule has 0 saturated heterocycles. The second-order valence-corrected chi connectivity index (χ2v) is 11.8. The Balaban J connectivity index is 1.25. The Hall–Kier alpha value is -2.78. The number of halogens is 5. The minimum absolute atomic E-state index is 0.00998. The first kappa shape index (κ1) is 27.8. The number of fused-ring (bicyclic) bond motifs is 3. The van der Waals surface area contributed by atoms with Crippen molar-refractivity contribution in [3.63, 3.8) is 0 Å². The summed E-state index contributed by atoms with van der Waals surface area (Å²) in [5.41, 5.74) is -0.0920. The third-order valence-electron chi connectivity index (χ3n) is 8.59. The lowest BCUT2D eigenvalue weighted by atomic mass is 9.53. The third-order valence-corrected chi connectivity index (χ3v) is 9.18. The molecule has 1 heterocycles.